The second kappa shape index (κ2) is 10.3. The molecule has 0 aliphatic rings. The maximum absolute atomic E-state index is 13.5. The Morgan fingerprint density at radius 3 is 2.63 bits per heavy atom. The Morgan fingerprint density at radius 1 is 1.15 bits per heavy atom. The average Bonchev–Trinajstić information content (AvgIpc) is 3.19. The van der Waals surface area contributed by atoms with Crippen LogP contribution in [0.25, 0.3) is 0 Å². The minimum absolute atomic E-state index is 0.0482. The first-order chi connectivity index (χ1) is 13.0. The van der Waals surface area contributed by atoms with Crippen molar-refractivity contribution in [3.63, 3.8) is 0 Å². The molecule has 0 saturated carbocycles. The molecule has 144 valence electrons. The lowest BCUT2D eigenvalue weighted by atomic mass is 10.3. The van der Waals surface area contributed by atoms with E-state index in [9.17, 15) is 18.8 Å². The second-order valence-corrected chi connectivity index (χ2v) is 6.51. The van der Waals surface area contributed by atoms with E-state index in [-0.39, 0.29) is 18.1 Å². The lowest BCUT2D eigenvalue weighted by Gasteiger charge is -2.15. The molecule has 1 aromatic carbocycles. The van der Waals surface area contributed by atoms with Gasteiger partial charge in [-0.15, -0.1) is 11.3 Å². The van der Waals surface area contributed by atoms with Crippen LogP contribution in [0.5, 0.6) is 5.75 Å². The van der Waals surface area contributed by atoms with Crippen LogP contribution in [0, 0.1) is 5.82 Å². The molecule has 2 rings (SSSR count). The number of amides is 3. The summed E-state index contributed by atoms with van der Waals surface area (Å²) < 4.78 is 18.7. The summed E-state index contributed by atoms with van der Waals surface area (Å²) in [6.07, 6.45) is -0.458. The van der Waals surface area contributed by atoms with E-state index < -0.39 is 23.7 Å². The largest absolute Gasteiger partial charge is 0.478 e. The van der Waals surface area contributed by atoms with Gasteiger partial charge in [-0.25, -0.2) is 4.39 Å². The number of para-hydroxylation sites is 1. The van der Waals surface area contributed by atoms with Gasteiger partial charge in [-0.05, 0) is 36.9 Å². The van der Waals surface area contributed by atoms with E-state index in [1.165, 1.54) is 36.5 Å². The van der Waals surface area contributed by atoms with Gasteiger partial charge in [0, 0.05) is 13.0 Å². The van der Waals surface area contributed by atoms with Gasteiger partial charge in [0.25, 0.3) is 11.8 Å². The highest BCUT2D eigenvalue weighted by Crippen LogP contribution is 2.16. The Bertz CT molecular complexity index is 783. The highest BCUT2D eigenvalue weighted by Gasteiger charge is 2.17. The molecule has 9 heteroatoms. The fourth-order valence-corrected chi connectivity index (χ4v) is 2.67. The molecule has 1 atom stereocenters. The normalized spacial score (nSPS) is 11.3. The van der Waals surface area contributed by atoms with E-state index in [0.717, 1.165) is 0 Å². The third kappa shape index (κ3) is 6.70. The van der Waals surface area contributed by atoms with E-state index >= 15 is 0 Å². The van der Waals surface area contributed by atoms with Crippen molar-refractivity contribution in [2.45, 2.75) is 25.9 Å². The zero-order chi connectivity index (χ0) is 19.6. The molecule has 0 saturated heterocycles. The molecule has 3 N–H and O–H groups in total. The predicted molar refractivity (Wildman–Crippen MR) is 98.7 cm³/mol. The summed E-state index contributed by atoms with van der Waals surface area (Å²) in [5.74, 6) is -1.83. The van der Waals surface area contributed by atoms with Gasteiger partial charge in [0.15, 0.2) is 17.7 Å². The van der Waals surface area contributed by atoms with Gasteiger partial charge in [-0.2, -0.15) is 0 Å². The number of hydrogen-bond donors (Lipinski definition) is 3. The molecule has 0 aliphatic heterocycles. The standard InChI is InChI=1S/C18H20FN3O4S/c1-12(26-14-7-3-2-6-13(14)19)17(24)22-21-16(23)9-4-10-20-18(25)15-8-5-11-27-15/h2-3,5-8,11-12H,4,9-10H2,1H3,(H,20,25)(H,21,23)(H,22,24). The van der Waals surface area contributed by atoms with Gasteiger partial charge in [-0.1, -0.05) is 18.2 Å². The monoisotopic (exact) mass is 393 g/mol. The summed E-state index contributed by atoms with van der Waals surface area (Å²) in [5, 5.41) is 4.51. The summed E-state index contributed by atoms with van der Waals surface area (Å²) in [6, 6.07) is 9.22. The second-order valence-electron chi connectivity index (χ2n) is 5.56. The predicted octanol–water partition coefficient (Wildman–Crippen LogP) is 2.01. The van der Waals surface area contributed by atoms with E-state index in [2.05, 4.69) is 16.2 Å². The van der Waals surface area contributed by atoms with E-state index in [1.54, 1.807) is 18.2 Å². The topological polar surface area (TPSA) is 96.5 Å². The minimum atomic E-state index is -0.993. The summed E-state index contributed by atoms with van der Waals surface area (Å²) in [5.41, 5.74) is 4.48. The molecule has 2 aromatic rings. The third-order valence-corrected chi connectivity index (χ3v) is 4.31. The third-order valence-electron chi connectivity index (χ3n) is 3.45. The molecule has 0 radical (unpaired) electrons. The fourth-order valence-electron chi connectivity index (χ4n) is 2.03. The fraction of sp³-hybridized carbons (Fsp3) is 0.278. The van der Waals surface area contributed by atoms with Crippen molar-refractivity contribution in [2.75, 3.05) is 6.54 Å². The smallest absolute Gasteiger partial charge is 0.279 e. The number of thiophene rings is 1. The van der Waals surface area contributed by atoms with Crippen molar-refractivity contribution < 1.29 is 23.5 Å². The van der Waals surface area contributed by atoms with Gasteiger partial charge in [-0.3, -0.25) is 25.2 Å². The molecule has 1 heterocycles. The van der Waals surface area contributed by atoms with Crippen LogP contribution in [-0.2, 0) is 9.59 Å². The summed E-state index contributed by atoms with van der Waals surface area (Å²) in [4.78, 5) is 35.9. The number of hydrazine groups is 1. The number of halogens is 1. The first kappa shape index (κ1) is 20.4. The zero-order valence-electron chi connectivity index (χ0n) is 14.7. The van der Waals surface area contributed by atoms with Crippen LogP contribution in [0.15, 0.2) is 41.8 Å². The van der Waals surface area contributed by atoms with Crippen molar-refractivity contribution in [3.8, 4) is 5.75 Å². The Hall–Kier alpha value is -2.94. The minimum Gasteiger partial charge on any atom is -0.478 e. The van der Waals surface area contributed by atoms with Crippen LogP contribution in [0.2, 0.25) is 0 Å². The Balaban J connectivity index is 1.62. The van der Waals surface area contributed by atoms with Gasteiger partial charge in [0.1, 0.15) is 0 Å². The molecule has 7 nitrogen and oxygen atoms in total. The van der Waals surface area contributed by atoms with Gasteiger partial charge >= 0.3 is 0 Å². The van der Waals surface area contributed by atoms with Crippen molar-refractivity contribution >= 4 is 29.1 Å². The first-order valence-corrected chi connectivity index (χ1v) is 9.17. The molecule has 0 fully saturated rings. The highest BCUT2D eigenvalue weighted by molar-refractivity contribution is 7.12. The van der Waals surface area contributed by atoms with Crippen molar-refractivity contribution in [1.29, 1.82) is 0 Å². The number of benzene rings is 1. The quantitative estimate of drug-likeness (QED) is 0.472. The molecule has 0 aliphatic carbocycles. The number of nitrogens with one attached hydrogen (secondary N) is 3. The molecular formula is C18H20FN3O4S. The van der Waals surface area contributed by atoms with E-state index in [1.807, 2.05) is 5.38 Å². The zero-order valence-corrected chi connectivity index (χ0v) is 15.5. The number of carbonyl (C=O) groups is 3. The summed E-state index contributed by atoms with van der Waals surface area (Å²) in [6.45, 7) is 1.78. The Labute approximate surface area is 159 Å². The van der Waals surface area contributed by atoms with E-state index in [4.69, 9.17) is 4.74 Å². The average molecular weight is 393 g/mol. The van der Waals surface area contributed by atoms with Crippen molar-refractivity contribution in [2.24, 2.45) is 0 Å². The van der Waals surface area contributed by atoms with Crippen LogP contribution in [0.1, 0.15) is 29.4 Å². The lowest BCUT2D eigenvalue weighted by molar-refractivity contribution is -0.132. The van der Waals surface area contributed by atoms with Crippen LogP contribution >= 0.6 is 11.3 Å². The van der Waals surface area contributed by atoms with Crippen molar-refractivity contribution in [3.05, 3.63) is 52.5 Å². The van der Waals surface area contributed by atoms with E-state index in [0.29, 0.717) is 17.8 Å². The van der Waals surface area contributed by atoms with Crippen LogP contribution < -0.4 is 20.9 Å². The first-order valence-electron chi connectivity index (χ1n) is 8.29. The van der Waals surface area contributed by atoms with Gasteiger partial charge in [0.05, 0.1) is 4.88 Å². The molecule has 1 unspecified atom stereocenters. The lowest BCUT2D eigenvalue weighted by Crippen LogP contribution is -2.47. The molecule has 1 aromatic heterocycles. The van der Waals surface area contributed by atoms with Crippen LogP contribution in [-0.4, -0.2) is 30.4 Å². The number of ether oxygens (including phenoxy) is 1. The molecule has 0 bridgehead atoms. The molecule has 27 heavy (non-hydrogen) atoms. The molecule has 3 amide bonds. The number of carbonyl (C=O) groups excluding carboxylic acids is 3. The van der Waals surface area contributed by atoms with Gasteiger partial charge in [0.2, 0.25) is 5.91 Å². The summed E-state index contributed by atoms with van der Waals surface area (Å²) >= 11 is 1.34. The number of rotatable bonds is 8. The molecular weight excluding hydrogens is 373 g/mol. The molecule has 0 spiro atoms. The van der Waals surface area contributed by atoms with Gasteiger partial charge < -0.3 is 10.1 Å². The number of hydrogen-bond acceptors (Lipinski definition) is 5. The SMILES string of the molecule is CC(Oc1ccccc1F)C(=O)NNC(=O)CCCNC(=O)c1cccs1. The maximum Gasteiger partial charge on any atom is 0.279 e. The van der Waals surface area contributed by atoms with Crippen LogP contribution in [0.3, 0.4) is 0 Å². The highest BCUT2D eigenvalue weighted by atomic mass is 32.1. The van der Waals surface area contributed by atoms with Crippen molar-refractivity contribution in [1.82, 2.24) is 16.2 Å². The summed E-state index contributed by atoms with van der Waals surface area (Å²) in [7, 11) is 0. The Morgan fingerprint density at radius 2 is 1.93 bits per heavy atom. The van der Waals surface area contributed by atoms with Crippen LogP contribution in [0.4, 0.5) is 4.39 Å². The Kier molecular flexibility index (Phi) is 7.75. The maximum atomic E-state index is 13.5.